The number of carbonyl (C=O) groups is 1. The van der Waals surface area contributed by atoms with Gasteiger partial charge in [0.05, 0.1) is 6.04 Å². The van der Waals surface area contributed by atoms with E-state index in [1.165, 1.54) is 11.3 Å². The Morgan fingerprint density at radius 1 is 1.29 bits per heavy atom. The van der Waals surface area contributed by atoms with Gasteiger partial charge in [-0.2, -0.15) is 0 Å². The standard InChI is InChI=1S/C13H12ClNOS/c14-10-5-3-9(4-6-10)8-11(16)13(15)12-2-1-7-17-12/h1-7,13H,8,15H2. The predicted octanol–water partition coefficient (Wildman–Crippen LogP) is 3.21. The lowest BCUT2D eigenvalue weighted by atomic mass is 10.0. The van der Waals surface area contributed by atoms with Gasteiger partial charge in [0, 0.05) is 16.3 Å². The van der Waals surface area contributed by atoms with Crippen LogP contribution in [-0.2, 0) is 11.2 Å². The van der Waals surface area contributed by atoms with Gasteiger partial charge in [0.15, 0.2) is 5.78 Å². The fraction of sp³-hybridized carbons (Fsp3) is 0.154. The summed E-state index contributed by atoms with van der Waals surface area (Å²) >= 11 is 7.29. The molecule has 1 atom stereocenters. The van der Waals surface area contributed by atoms with Crippen molar-refractivity contribution in [3.8, 4) is 0 Å². The van der Waals surface area contributed by atoms with Crippen LogP contribution >= 0.6 is 22.9 Å². The summed E-state index contributed by atoms with van der Waals surface area (Å²) in [6, 6.07) is 10.5. The number of hydrogen-bond donors (Lipinski definition) is 1. The molecule has 0 amide bonds. The monoisotopic (exact) mass is 265 g/mol. The molecule has 2 rings (SSSR count). The minimum atomic E-state index is -0.523. The van der Waals surface area contributed by atoms with E-state index in [9.17, 15) is 4.79 Å². The zero-order valence-electron chi connectivity index (χ0n) is 9.10. The molecular weight excluding hydrogens is 254 g/mol. The highest BCUT2D eigenvalue weighted by Crippen LogP contribution is 2.19. The number of hydrogen-bond acceptors (Lipinski definition) is 3. The summed E-state index contributed by atoms with van der Waals surface area (Å²) in [6.07, 6.45) is 0.343. The molecule has 4 heteroatoms. The number of halogens is 1. The average molecular weight is 266 g/mol. The summed E-state index contributed by atoms with van der Waals surface area (Å²) in [5, 5.41) is 2.59. The molecule has 0 saturated carbocycles. The zero-order chi connectivity index (χ0) is 12.3. The van der Waals surface area contributed by atoms with Gasteiger partial charge < -0.3 is 5.73 Å². The van der Waals surface area contributed by atoms with Crippen molar-refractivity contribution in [3.05, 3.63) is 57.2 Å². The Morgan fingerprint density at radius 3 is 2.59 bits per heavy atom. The van der Waals surface area contributed by atoms with E-state index in [-0.39, 0.29) is 5.78 Å². The van der Waals surface area contributed by atoms with Crippen molar-refractivity contribution in [1.82, 2.24) is 0 Å². The minimum Gasteiger partial charge on any atom is -0.317 e. The number of thiophene rings is 1. The molecular formula is C13H12ClNOS. The van der Waals surface area contributed by atoms with Gasteiger partial charge in [-0.15, -0.1) is 11.3 Å². The maximum absolute atomic E-state index is 11.9. The highest BCUT2D eigenvalue weighted by Gasteiger charge is 2.16. The van der Waals surface area contributed by atoms with E-state index in [2.05, 4.69) is 0 Å². The largest absolute Gasteiger partial charge is 0.317 e. The van der Waals surface area contributed by atoms with Crippen molar-refractivity contribution in [3.63, 3.8) is 0 Å². The Bertz CT molecular complexity index is 493. The number of Topliss-reactive ketones (excluding diaryl/α,β-unsaturated/α-hetero) is 1. The molecule has 17 heavy (non-hydrogen) atoms. The quantitative estimate of drug-likeness (QED) is 0.922. The van der Waals surface area contributed by atoms with Gasteiger partial charge in [-0.05, 0) is 29.1 Å². The highest BCUT2D eigenvalue weighted by atomic mass is 35.5. The molecule has 2 N–H and O–H groups in total. The Balaban J connectivity index is 2.04. The molecule has 2 aromatic rings. The van der Waals surface area contributed by atoms with Crippen molar-refractivity contribution in [1.29, 1.82) is 0 Å². The lowest BCUT2D eigenvalue weighted by Crippen LogP contribution is -2.22. The van der Waals surface area contributed by atoms with Crippen LogP contribution in [-0.4, -0.2) is 5.78 Å². The van der Waals surface area contributed by atoms with Crippen LogP contribution < -0.4 is 5.73 Å². The Hall–Kier alpha value is -1.16. The van der Waals surface area contributed by atoms with Crippen molar-refractivity contribution >= 4 is 28.7 Å². The van der Waals surface area contributed by atoms with E-state index in [0.717, 1.165) is 10.4 Å². The second-order valence-electron chi connectivity index (χ2n) is 3.76. The Morgan fingerprint density at radius 2 is 2.00 bits per heavy atom. The summed E-state index contributed by atoms with van der Waals surface area (Å²) in [5.74, 6) is 0.0229. The molecule has 0 radical (unpaired) electrons. The third-order valence-corrected chi connectivity index (χ3v) is 3.70. The molecule has 1 heterocycles. The summed E-state index contributed by atoms with van der Waals surface area (Å²) in [6.45, 7) is 0. The van der Waals surface area contributed by atoms with Gasteiger partial charge in [0.2, 0.25) is 0 Å². The number of ketones is 1. The number of carbonyl (C=O) groups excluding carboxylic acids is 1. The van der Waals surface area contributed by atoms with Crippen LogP contribution in [0.15, 0.2) is 41.8 Å². The van der Waals surface area contributed by atoms with Crippen molar-refractivity contribution in [2.75, 3.05) is 0 Å². The molecule has 0 aliphatic heterocycles. The molecule has 0 saturated heterocycles. The third-order valence-electron chi connectivity index (χ3n) is 2.49. The first kappa shape index (κ1) is 12.3. The number of nitrogens with two attached hydrogens (primary N) is 1. The van der Waals surface area contributed by atoms with Crippen LogP contribution in [0.25, 0.3) is 0 Å². The van der Waals surface area contributed by atoms with E-state index in [4.69, 9.17) is 17.3 Å². The molecule has 0 spiro atoms. The smallest absolute Gasteiger partial charge is 0.159 e. The Kier molecular flexibility index (Phi) is 3.94. The molecule has 1 unspecified atom stereocenters. The second-order valence-corrected chi connectivity index (χ2v) is 5.18. The average Bonchev–Trinajstić information content (AvgIpc) is 2.84. The molecule has 0 aliphatic carbocycles. The summed E-state index contributed by atoms with van der Waals surface area (Å²) < 4.78 is 0. The normalized spacial score (nSPS) is 12.4. The van der Waals surface area contributed by atoms with Gasteiger partial charge in [-0.1, -0.05) is 29.8 Å². The topological polar surface area (TPSA) is 43.1 Å². The second kappa shape index (κ2) is 5.45. The van der Waals surface area contributed by atoms with Gasteiger partial charge in [-0.25, -0.2) is 0 Å². The minimum absolute atomic E-state index is 0.0229. The van der Waals surface area contributed by atoms with Gasteiger partial charge in [0.1, 0.15) is 0 Å². The van der Waals surface area contributed by atoms with Crippen LogP contribution in [0.3, 0.4) is 0 Å². The van der Waals surface area contributed by atoms with Crippen LogP contribution in [0.1, 0.15) is 16.5 Å². The lowest BCUT2D eigenvalue weighted by molar-refractivity contribution is -0.119. The van der Waals surface area contributed by atoms with Crippen molar-refractivity contribution < 1.29 is 4.79 Å². The summed E-state index contributed by atoms with van der Waals surface area (Å²) in [5.41, 5.74) is 6.83. The fourth-order valence-electron chi connectivity index (χ4n) is 1.54. The molecule has 0 aliphatic rings. The van der Waals surface area contributed by atoms with E-state index >= 15 is 0 Å². The predicted molar refractivity (Wildman–Crippen MR) is 71.4 cm³/mol. The van der Waals surface area contributed by atoms with E-state index in [0.29, 0.717) is 11.4 Å². The van der Waals surface area contributed by atoms with Crippen LogP contribution in [0.2, 0.25) is 5.02 Å². The van der Waals surface area contributed by atoms with Gasteiger partial charge in [0.25, 0.3) is 0 Å². The lowest BCUT2D eigenvalue weighted by Gasteiger charge is -2.08. The molecule has 2 nitrogen and oxygen atoms in total. The third kappa shape index (κ3) is 3.16. The first-order valence-electron chi connectivity index (χ1n) is 5.23. The SMILES string of the molecule is NC(C(=O)Cc1ccc(Cl)cc1)c1cccs1. The first-order valence-corrected chi connectivity index (χ1v) is 6.49. The van der Waals surface area contributed by atoms with E-state index in [1.54, 1.807) is 12.1 Å². The van der Waals surface area contributed by atoms with E-state index < -0.39 is 6.04 Å². The molecule has 0 fully saturated rings. The number of rotatable bonds is 4. The maximum Gasteiger partial charge on any atom is 0.159 e. The molecule has 0 bridgehead atoms. The van der Waals surface area contributed by atoms with Crippen LogP contribution in [0, 0.1) is 0 Å². The van der Waals surface area contributed by atoms with Crippen molar-refractivity contribution in [2.24, 2.45) is 5.73 Å². The van der Waals surface area contributed by atoms with Crippen LogP contribution in [0.5, 0.6) is 0 Å². The molecule has 88 valence electrons. The number of benzene rings is 1. The van der Waals surface area contributed by atoms with Gasteiger partial charge in [-0.3, -0.25) is 4.79 Å². The Labute approximate surface area is 109 Å². The zero-order valence-corrected chi connectivity index (χ0v) is 10.7. The van der Waals surface area contributed by atoms with Crippen LogP contribution in [0.4, 0.5) is 0 Å². The maximum atomic E-state index is 11.9. The fourth-order valence-corrected chi connectivity index (χ4v) is 2.42. The summed E-state index contributed by atoms with van der Waals surface area (Å²) in [4.78, 5) is 12.9. The summed E-state index contributed by atoms with van der Waals surface area (Å²) in [7, 11) is 0. The first-order chi connectivity index (χ1) is 8.16. The van der Waals surface area contributed by atoms with E-state index in [1.807, 2.05) is 29.6 Å². The molecule has 1 aromatic carbocycles. The molecule has 1 aromatic heterocycles. The van der Waals surface area contributed by atoms with Gasteiger partial charge >= 0.3 is 0 Å². The van der Waals surface area contributed by atoms with Crippen molar-refractivity contribution in [2.45, 2.75) is 12.5 Å². The highest BCUT2D eigenvalue weighted by molar-refractivity contribution is 7.10.